The quantitative estimate of drug-likeness (QED) is 0.744. The van der Waals surface area contributed by atoms with Crippen molar-refractivity contribution in [1.82, 2.24) is 19.1 Å². The maximum absolute atomic E-state index is 11.9. The largest absolute Gasteiger partial charge is 0.475 e. The number of rotatable bonds is 5. The summed E-state index contributed by atoms with van der Waals surface area (Å²) in [5.41, 5.74) is -1.17. The minimum absolute atomic E-state index is 0.0510. The van der Waals surface area contributed by atoms with Crippen LogP contribution in [0.15, 0.2) is 9.59 Å². The molecule has 0 aliphatic carbocycles. The SMILES string of the molecule is CCn1c(C(=O)O)nc2c1c(=O)[nH]c(=O)n2CCOC. The molecule has 20 heavy (non-hydrogen) atoms. The Morgan fingerprint density at radius 1 is 1.40 bits per heavy atom. The fourth-order valence-electron chi connectivity index (χ4n) is 2.03. The normalized spacial score (nSPS) is 11.1. The molecule has 0 saturated carbocycles. The van der Waals surface area contributed by atoms with Gasteiger partial charge in [-0.2, -0.15) is 0 Å². The lowest BCUT2D eigenvalue weighted by Crippen LogP contribution is -2.32. The van der Waals surface area contributed by atoms with Crippen molar-refractivity contribution in [2.24, 2.45) is 0 Å². The number of fused-ring (bicyclic) bond motifs is 1. The van der Waals surface area contributed by atoms with Gasteiger partial charge in [0.05, 0.1) is 13.2 Å². The van der Waals surface area contributed by atoms with Gasteiger partial charge in [0.1, 0.15) is 0 Å². The van der Waals surface area contributed by atoms with Crippen molar-refractivity contribution in [3.63, 3.8) is 0 Å². The zero-order valence-corrected chi connectivity index (χ0v) is 11.0. The van der Waals surface area contributed by atoms with Crippen molar-refractivity contribution in [3.8, 4) is 0 Å². The minimum Gasteiger partial charge on any atom is -0.475 e. The van der Waals surface area contributed by atoms with Gasteiger partial charge < -0.3 is 14.4 Å². The van der Waals surface area contributed by atoms with E-state index in [9.17, 15) is 14.4 Å². The predicted molar refractivity (Wildman–Crippen MR) is 69.1 cm³/mol. The zero-order valence-electron chi connectivity index (χ0n) is 11.0. The van der Waals surface area contributed by atoms with Crippen LogP contribution >= 0.6 is 0 Å². The third-order valence-corrected chi connectivity index (χ3v) is 2.91. The highest BCUT2D eigenvalue weighted by Crippen LogP contribution is 2.11. The number of carboxylic acid groups (broad SMARTS) is 1. The van der Waals surface area contributed by atoms with Gasteiger partial charge in [-0.1, -0.05) is 0 Å². The van der Waals surface area contributed by atoms with Gasteiger partial charge in [0.25, 0.3) is 5.56 Å². The molecule has 0 unspecified atom stereocenters. The van der Waals surface area contributed by atoms with E-state index in [2.05, 4.69) is 9.97 Å². The Kier molecular flexibility index (Phi) is 3.70. The molecule has 0 saturated heterocycles. The molecule has 2 aromatic rings. The number of aromatic amines is 1. The summed E-state index contributed by atoms with van der Waals surface area (Å²) in [7, 11) is 1.47. The number of carbonyl (C=O) groups is 1. The number of aryl methyl sites for hydroxylation is 1. The van der Waals surface area contributed by atoms with E-state index in [4.69, 9.17) is 9.84 Å². The molecule has 9 heteroatoms. The number of hydrogen-bond donors (Lipinski definition) is 2. The van der Waals surface area contributed by atoms with E-state index in [-0.39, 0.29) is 36.7 Å². The Morgan fingerprint density at radius 3 is 2.65 bits per heavy atom. The summed E-state index contributed by atoms with van der Waals surface area (Å²) in [4.78, 5) is 40.9. The van der Waals surface area contributed by atoms with Gasteiger partial charge >= 0.3 is 11.7 Å². The lowest BCUT2D eigenvalue weighted by Gasteiger charge is -2.05. The van der Waals surface area contributed by atoms with Gasteiger partial charge in [0.15, 0.2) is 11.2 Å². The molecule has 0 aromatic carbocycles. The maximum atomic E-state index is 11.9. The molecule has 0 bridgehead atoms. The standard InChI is InChI=1S/C11H14N4O5/c1-3-14-6-7(12-8(14)10(17)18)15(4-5-20-2)11(19)13-9(6)16/h3-5H2,1-2H3,(H,17,18)(H,13,16,19). The van der Waals surface area contributed by atoms with E-state index >= 15 is 0 Å². The van der Waals surface area contributed by atoms with Crippen LogP contribution in [0.2, 0.25) is 0 Å². The van der Waals surface area contributed by atoms with Gasteiger partial charge in [0.2, 0.25) is 5.82 Å². The molecular formula is C11H14N4O5. The number of H-pyrrole nitrogens is 1. The number of imidazole rings is 1. The summed E-state index contributed by atoms with van der Waals surface area (Å²) in [5.74, 6) is -1.53. The molecule has 2 N–H and O–H groups in total. The Bertz CT molecular complexity index is 769. The third kappa shape index (κ3) is 2.11. The number of ether oxygens (including phenoxy) is 1. The highest BCUT2D eigenvalue weighted by Gasteiger charge is 2.21. The van der Waals surface area contributed by atoms with Crippen LogP contribution in [0.1, 0.15) is 17.5 Å². The van der Waals surface area contributed by atoms with Crippen LogP contribution in [0.5, 0.6) is 0 Å². The lowest BCUT2D eigenvalue weighted by atomic mass is 10.4. The van der Waals surface area contributed by atoms with Crippen molar-refractivity contribution in [1.29, 1.82) is 0 Å². The first-order chi connectivity index (χ1) is 9.51. The van der Waals surface area contributed by atoms with Crippen molar-refractivity contribution < 1.29 is 14.6 Å². The molecule has 108 valence electrons. The maximum Gasteiger partial charge on any atom is 0.372 e. The van der Waals surface area contributed by atoms with E-state index in [1.165, 1.54) is 16.2 Å². The highest BCUT2D eigenvalue weighted by atomic mass is 16.5. The number of carboxylic acids is 1. The van der Waals surface area contributed by atoms with Crippen LogP contribution in [0.3, 0.4) is 0 Å². The second-order valence-electron chi connectivity index (χ2n) is 4.06. The van der Waals surface area contributed by atoms with E-state index in [1.807, 2.05) is 0 Å². The van der Waals surface area contributed by atoms with Crippen LogP contribution in [0.4, 0.5) is 0 Å². The Balaban J connectivity index is 2.85. The summed E-state index contributed by atoms with van der Waals surface area (Å²) in [6.45, 7) is 2.35. The number of hydrogen-bond acceptors (Lipinski definition) is 5. The number of nitrogens with zero attached hydrogens (tertiary/aromatic N) is 3. The number of aromatic carboxylic acids is 1. The molecule has 9 nitrogen and oxygen atoms in total. The first kappa shape index (κ1) is 14.0. The Hall–Kier alpha value is -2.42. The minimum atomic E-state index is -1.26. The lowest BCUT2D eigenvalue weighted by molar-refractivity contribution is 0.0679. The number of methoxy groups -OCH3 is 1. The molecule has 0 aliphatic rings. The molecule has 2 aromatic heterocycles. The Morgan fingerprint density at radius 2 is 2.10 bits per heavy atom. The molecular weight excluding hydrogens is 268 g/mol. The average Bonchev–Trinajstić information content (AvgIpc) is 2.78. The van der Waals surface area contributed by atoms with E-state index < -0.39 is 17.2 Å². The van der Waals surface area contributed by atoms with Gasteiger partial charge in [-0.05, 0) is 6.92 Å². The predicted octanol–water partition coefficient (Wildman–Crippen LogP) is -0.749. The summed E-state index contributed by atoms with van der Waals surface area (Å²) in [6.07, 6.45) is 0. The fraction of sp³-hybridized carbons (Fsp3) is 0.455. The molecule has 0 radical (unpaired) electrons. The molecule has 0 fully saturated rings. The first-order valence-electron chi connectivity index (χ1n) is 5.96. The summed E-state index contributed by atoms with van der Waals surface area (Å²) in [6, 6.07) is 0. The van der Waals surface area contributed by atoms with Crippen molar-refractivity contribution in [3.05, 3.63) is 26.7 Å². The monoisotopic (exact) mass is 282 g/mol. The van der Waals surface area contributed by atoms with Crippen molar-refractivity contribution in [2.75, 3.05) is 13.7 Å². The molecule has 0 spiro atoms. The number of aromatic nitrogens is 4. The number of nitrogens with one attached hydrogen (secondary N) is 1. The first-order valence-corrected chi connectivity index (χ1v) is 5.96. The van der Waals surface area contributed by atoms with Crippen LogP contribution < -0.4 is 11.2 Å². The summed E-state index contributed by atoms with van der Waals surface area (Å²) in [5, 5.41) is 9.12. The van der Waals surface area contributed by atoms with Crippen molar-refractivity contribution in [2.45, 2.75) is 20.0 Å². The summed E-state index contributed by atoms with van der Waals surface area (Å²) < 4.78 is 7.34. The van der Waals surface area contributed by atoms with E-state index in [0.717, 1.165) is 0 Å². The van der Waals surface area contributed by atoms with E-state index in [1.54, 1.807) is 6.92 Å². The van der Waals surface area contributed by atoms with E-state index in [0.29, 0.717) is 0 Å². The van der Waals surface area contributed by atoms with Crippen LogP contribution in [-0.4, -0.2) is 43.9 Å². The molecule has 2 heterocycles. The zero-order chi connectivity index (χ0) is 14.9. The molecule has 0 atom stereocenters. The van der Waals surface area contributed by atoms with Gasteiger partial charge in [0, 0.05) is 13.7 Å². The highest BCUT2D eigenvalue weighted by molar-refractivity contribution is 5.88. The van der Waals surface area contributed by atoms with Gasteiger partial charge in [-0.3, -0.25) is 14.3 Å². The van der Waals surface area contributed by atoms with Crippen LogP contribution in [0.25, 0.3) is 11.2 Å². The van der Waals surface area contributed by atoms with Crippen LogP contribution in [0, 0.1) is 0 Å². The van der Waals surface area contributed by atoms with Gasteiger partial charge in [-0.25, -0.2) is 14.6 Å². The third-order valence-electron chi connectivity index (χ3n) is 2.91. The fourth-order valence-corrected chi connectivity index (χ4v) is 2.03. The molecule has 2 rings (SSSR count). The van der Waals surface area contributed by atoms with Gasteiger partial charge in [-0.15, -0.1) is 0 Å². The second-order valence-corrected chi connectivity index (χ2v) is 4.06. The smallest absolute Gasteiger partial charge is 0.372 e. The molecule has 0 amide bonds. The topological polar surface area (TPSA) is 119 Å². The summed E-state index contributed by atoms with van der Waals surface area (Å²) >= 11 is 0. The van der Waals surface area contributed by atoms with Crippen LogP contribution in [-0.2, 0) is 17.8 Å². The second kappa shape index (κ2) is 5.29. The van der Waals surface area contributed by atoms with Crippen molar-refractivity contribution >= 4 is 17.1 Å². The molecule has 0 aliphatic heterocycles. The Labute approximate surface area is 112 Å². The average molecular weight is 282 g/mol.